The van der Waals surface area contributed by atoms with E-state index in [4.69, 9.17) is 10.00 Å². The summed E-state index contributed by atoms with van der Waals surface area (Å²) in [7, 11) is 0. The maximum Gasteiger partial charge on any atom is 0.0638 e. The van der Waals surface area contributed by atoms with Gasteiger partial charge in [-0.3, -0.25) is 0 Å². The Labute approximate surface area is 81.1 Å². The number of nitrogens with one attached hydrogen (secondary N) is 1. The van der Waals surface area contributed by atoms with Crippen molar-refractivity contribution in [2.24, 2.45) is 0 Å². The standard InChI is InChI=1S/C10H20N2O/c1-4-10(6-7-11)12-9(3)8-13-5-2/h9-10,12H,4-6,8H2,1-3H3. The monoisotopic (exact) mass is 184 g/mol. The van der Waals surface area contributed by atoms with Crippen molar-refractivity contribution in [3.8, 4) is 6.07 Å². The zero-order valence-corrected chi connectivity index (χ0v) is 8.84. The molecule has 0 aliphatic rings. The van der Waals surface area contributed by atoms with Gasteiger partial charge in [-0.15, -0.1) is 0 Å². The fourth-order valence-electron chi connectivity index (χ4n) is 1.18. The molecule has 0 spiro atoms. The number of rotatable bonds is 7. The first kappa shape index (κ1) is 12.4. The Bertz CT molecular complexity index is 153. The summed E-state index contributed by atoms with van der Waals surface area (Å²) in [4.78, 5) is 0. The zero-order chi connectivity index (χ0) is 10.1. The molecule has 3 nitrogen and oxygen atoms in total. The van der Waals surface area contributed by atoms with Gasteiger partial charge in [0.05, 0.1) is 19.1 Å². The van der Waals surface area contributed by atoms with E-state index in [-0.39, 0.29) is 0 Å². The number of nitrogens with zero attached hydrogens (tertiary/aromatic N) is 1. The smallest absolute Gasteiger partial charge is 0.0638 e. The van der Waals surface area contributed by atoms with E-state index in [1.54, 1.807) is 0 Å². The van der Waals surface area contributed by atoms with Crippen LogP contribution in [0.3, 0.4) is 0 Å². The lowest BCUT2D eigenvalue weighted by Crippen LogP contribution is -2.38. The van der Waals surface area contributed by atoms with Crippen molar-refractivity contribution < 1.29 is 4.74 Å². The first-order valence-electron chi connectivity index (χ1n) is 4.95. The maximum atomic E-state index is 8.54. The van der Waals surface area contributed by atoms with Crippen LogP contribution in [0.4, 0.5) is 0 Å². The SMILES string of the molecule is CCOCC(C)NC(CC)CC#N. The lowest BCUT2D eigenvalue weighted by atomic mass is 10.1. The van der Waals surface area contributed by atoms with Crippen molar-refractivity contribution in [3.05, 3.63) is 0 Å². The molecule has 76 valence electrons. The van der Waals surface area contributed by atoms with Crippen LogP contribution in [0, 0.1) is 11.3 Å². The van der Waals surface area contributed by atoms with E-state index < -0.39 is 0 Å². The molecule has 0 aromatic heterocycles. The van der Waals surface area contributed by atoms with Gasteiger partial charge in [-0.2, -0.15) is 5.26 Å². The Morgan fingerprint density at radius 3 is 2.62 bits per heavy atom. The summed E-state index contributed by atoms with van der Waals surface area (Å²) in [6.07, 6.45) is 1.57. The van der Waals surface area contributed by atoms with Crippen LogP contribution in [0.15, 0.2) is 0 Å². The summed E-state index contributed by atoms with van der Waals surface area (Å²) in [6, 6.07) is 2.81. The van der Waals surface area contributed by atoms with E-state index in [1.807, 2.05) is 6.92 Å². The number of hydrogen-bond donors (Lipinski definition) is 1. The van der Waals surface area contributed by atoms with Crippen molar-refractivity contribution in [2.75, 3.05) is 13.2 Å². The summed E-state index contributed by atoms with van der Waals surface area (Å²) in [5, 5.41) is 11.9. The van der Waals surface area contributed by atoms with Gasteiger partial charge in [0.1, 0.15) is 0 Å². The van der Waals surface area contributed by atoms with Gasteiger partial charge in [0.25, 0.3) is 0 Å². The molecule has 0 saturated carbocycles. The highest BCUT2D eigenvalue weighted by Crippen LogP contribution is 1.98. The van der Waals surface area contributed by atoms with Gasteiger partial charge in [0.15, 0.2) is 0 Å². The lowest BCUT2D eigenvalue weighted by Gasteiger charge is -2.19. The van der Waals surface area contributed by atoms with Crippen molar-refractivity contribution in [1.29, 1.82) is 5.26 Å². The molecule has 0 aromatic rings. The van der Waals surface area contributed by atoms with Crippen LogP contribution in [0.5, 0.6) is 0 Å². The molecule has 0 bridgehead atoms. The van der Waals surface area contributed by atoms with Gasteiger partial charge in [0, 0.05) is 18.7 Å². The highest BCUT2D eigenvalue weighted by atomic mass is 16.5. The average Bonchev–Trinajstić information content (AvgIpc) is 2.14. The predicted octanol–water partition coefficient (Wildman–Crippen LogP) is 1.69. The molecule has 0 aromatic carbocycles. The summed E-state index contributed by atoms with van der Waals surface area (Å²) in [5.74, 6) is 0. The lowest BCUT2D eigenvalue weighted by molar-refractivity contribution is 0.123. The molecule has 0 saturated heterocycles. The molecule has 1 N–H and O–H groups in total. The zero-order valence-electron chi connectivity index (χ0n) is 8.84. The third kappa shape index (κ3) is 6.56. The Hall–Kier alpha value is -0.590. The van der Waals surface area contributed by atoms with Crippen LogP contribution >= 0.6 is 0 Å². The highest BCUT2D eigenvalue weighted by Gasteiger charge is 2.09. The molecule has 0 heterocycles. The Morgan fingerprint density at radius 1 is 1.46 bits per heavy atom. The molecule has 13 heavy (non-hydrogen) atoms. The predicted molar refractivity (Wildman–Crippen MR) is 53.4 cm³/mol. The van der Waals surface area contributed by atoms with Gasteiger partial charge in [-0.1, -0.05) is 6.92 Å². The molecule has 0 amide bonds. The van der Waals surface area contributed by atoms with Gasteiger partial charge >= 0.3 is 0 Å². The summed E-state index contributed by atoms with van der Waals surface area (Å²) >= 11 is 0. The van der Waals surface area contributed by atoms with Crippen LogP contribution in [0.25, 0.3) is 0 Å². The van der Waals surface area contributed by atoms with E-state index in [9.17, 15) is 0 Å². The Balaban J connectivity index is 3.60. The topological polar surface area (TPSA) is 45.0 Å². The van der Waals surface area contributed by atoms with E-state index >= 15 is 0 Å². The second kappa shape index (κ2) is 8.03. The van der Waals surface area contributed by atoms with Gasteiger partial charge in [-0.25, -0.2) is 0 Å². The van der Waals surface area contributed by atoms with E-state index in [1.165, 1.54) is 0 Å². The van der Waals surface area contributed by atoms with Crippen molar-refractivity contribution >= 4 is 0 Å². The van der Waals surface area contributed by atoms with E-state index in [0.29, 0.717) is 18.5 Å². The molecule has 3 heteroatoms. The normalized spacial score (nSPS) is 14.9. The largest absolute Gasteiger partial charge is 0.380 e. The van der Waals surface area contributed by atoms with Crippen LogP contribution in [-0.2, 0) is 4.74 Å². The molecule has 0 aliphatic heterocycles. The molecular formula is C10H20N2O. The fraction of sp³-hybridized carbons (Fsp3) is 0.900. The second-order valence-electron chi connectivity index (χ2n) is 3.19. The molecule has 0 rings (SSSR count). The van der Waals surface area contributed by atoms with E-state index in [0.717, 1.165) is 19.6 Å². The minimum absolute atomic E-state index is 0.306. The first-order valence-corrected chi connectivity index (χ1v) is 4.95. The molecule has 0 fully saturated rings. The van der Waals surface area contributed by atoms with Gasteiger partial charge in [-0.05, 0) is 20.3 Å². The van der Waals surface area contributed by atoms with Crippen LogP contribution in [-0.4, -0.2) is 25.3 Å². The molecule has 0 aliphatic carbocycles. The molecule has 2 atom stereocenters. The number of ether oxygens (including phenoxy) is 1. The average molecular weight is 184 g/mol. The second-order valence-corrected chi connectivity index (χ2v) is 3.19. The minimum atomic E-state index is 0.306. The summed E-state index contributed by atoms with van der Waals surface area (Å²) in [6.45, 7) is 7.62. The molecule has 2 unspecified atom stereocenters. The van der Waals surface area contributed by atoms with Crippen LogP contribution in [0.2, 0.25) is 0 Å². The summed E-state index contributed by atoms with van der Waals surface area (Å²) in [5.41, 5.74) is 0. The van der Waals surface area contributed by atoms with Crippen LogP contribution in [0.1, 0.15) is 33.6 Å². The van der Waals surface area contributed by atoms with Crippen molar-refractivity contribution in [2.45, 2.75) is 45.7 Å². The molecule has 0 radical (unpaired) electrons. The summed E-state index contributed by atoms with van der Waals surface area (Å²) < 4.78 is 5.27. The fourth-order valence-corrected chi connectivity index (χ4v) is 1.18. The quantitative estimate of drug-likeness (QED) is 0.655. The molecular weight excluding hydrogens is 164 g/mol. The number of nitriles is 1. The Morgan fingerprint density at radius 2 is 2.15 bits per heavy atom. The Kier molecular flexibility index (Phi) is 7.66. The van der Waals surface area contributed by atoms with Crippen molar-refractivity contribution in [1.82, 2.24) is 5.32 Å². The highest BCUT2D eigenvalue weighted by molar-refractivity contribution is 4.81. The van der Waals surface area contributed by atoms with Crippen molar-refractivity contribution in [3.63, 3.8) is 0 Å². The number of hydrogen-bond acceptors (Lipinski definition) is 3. The van der Waals surface area contributed by atoms with E-state index in [2.05, 4.69) is 25.2 Å². The third-order valence-corrected chi connectivity index (χ3v) is 1.92. The van der Waals surface area contributed by atoms with Gasteiger partial charge in [0.2, 0.25) is 0 Å². The first-order chi connectivity index (χ1) is 6.24. The minimum Gasteiger partial charge on any atom is -0.380 e. The third-order valence-electron chi connectivity index (χ3n) is 1.92. The van der Waals surface area contributed by atoms with Crippen LogP contribution < -0.4 is 5.32 Å². The van der Waals surface area contributed by atoms with Gasteiger partial charge < -0.3 is 10.1 Å². The maximum absolute atomic E-state index is 8.54.